The number of nitriles is 1. The second-order valence-corrected chi connectivity index (χ2v) is 9.03. The number of benzene rings is 3. The van der Waals surface area contributed by atoms with Gasteiger partial charge in [0.1, 0.15) is 12.3 Å². The van der Waals surface area contributed by atoms with Crippen molar-refractivity contribution in [1.82, 2.24) is 5.01 Å². The zero-order chi connectivity index (χ0) is 25.5. The Kier molecular flexibility index (Phi) is 8.21. The van der Waals surface area contributed by atoms with Gasteiger partial charge in [-0.25, -0.2) is 5.01 Å². The number of hydrogen-bond donors (Lipinski definition) is 1. The van der Waals surface area contributed by atoms with Crippen molar-refractivity contribution in [3.8, 4) is 6.07 Å². The number of rotatable bonds is 7. The fourth-order valence-electron chi connectivity index (χ4n) is 3.97. The first-order valence-electron chi connectivity index (χ1n) is 11.3. The predicted molar refractivity (Wildman–Crippen MR) is 142 cm³/mol. The number of anilines is 2. The SMILES string of the molecule is N#CCCN(C1=NN(C(=O)CC(=O)Nc2ccc(Cl)cc2)[C@@H](c2ccccc2)C1)c1ccc(Cl)cc1. The van der Waals surface area contributed by atoms with Gasteiger partial charge in [-0.1, -0.05) is 53.5 Å². The highest BCUT2D eigenvalue weighted by Crippen LogP contribution is 2.34. The highest BCUT2D eigenvalue weighted by atomic mass is 35.5. The molecular formula is C27H23Cl2N5O2. The van der Waals surface area contributed by atoms with Crippen molar-refractivity contribution in [3.05, 3.63) is 94.5 Å². The smallest absolute Gasteiger partial charge is 0.252 e. The number of carbonyl (C=O) groups is 2. The number of nitrogens with zero attached hydrogens (tertiary/aromatic N) is 4. The highest BCUT2D eigenvalue weighted by Gasteiger charge is 2.35. The molecule has 0 fully saturated rings. The highest BCUT2D eigenvalue weighted by molar-refractivity contribution is 6.31. The second-order valence-electron chi connectivity index (χ2n) is 8.15. The third-order valence-corrected chi connectivity index (χ3v) is 6.17. The second kappa shape index (κ2) is 11.7. The lowest BCUT2D eigenvalue weighted by Gasteiger charge is -2.23. The van der Waals surface area contributed by atoms with Gasteiger partial charge < -0.3 is 10.2 Å². The van der Waals surface area contributed by atoms with Crippen molar-refractivity contribution < 1.29 is 9.59 Å². The summed E-state index contributed by atoms with van der Waals surface area (Å²) in [4.78, 5) is 27.8. The van der Waals surface area contributed by atoms with E-state index >= 15 is 0 Å². The van der Waals surface area contributed by atoms with Crippen LogP contribution in [0.1, 0.15) is 30.9 Å². The molecule has 1 aliphatic heterocycles. The number of amides is 2. The minimum atomic E-state index is -0.447. The Balaban J connectivity index is 1.59. The average molecular weight is 520 g/mol. The van der Waals surface area contributed by atoms with E-state index in [1.807, 2.05) is 47.4 Å². The topological polar surface area (TPSA) is 88.8 Å². The van der Waals surface area contributed by atoms with Crippen LogP contribution in [-0.4, -0.2) is 29.2 Å². The summed E-state index contributed by atoms with van der Waals surface area (Å²) in [5.41, 5.74) is 2.27. The quantitative estimate of drug-likeness (QED) is 0.386. The van der Waals surface area contributed by atoms with Crippen molar-refractivity contribution in [3.63, 3.8) is 0 Å². The van der Waals surface area contributed by atoms with Gasteiger partial charge in [0.15, 0.2) is 0 Å². The van der Waals surface area contributed by atoms with Crippen LogP contribution in [-0.2, 0) is 9.59 Å². The molecule has 3 aromatic rings. The zero-order valence-corrected chi connectivity index (χ0v) is 20.8. The molecule has 0 spiro atoms. The monoisotopic (exact) mass is 519 g/mol. The minimum absolute atomic E-state index is 0.273. The summed E-state index contributed by atoms with van der Waals surface area (Å²) in [7, 11) is 0. The fraction of sp³-hybridized carbons (Fsp3) is 0.185. The van der Waals surface area contributed by atoms with E-state index in [0.29, 0.717) is 34.5 Å². The van der Waals surface area contributed by atoms with Crippen molar-refractivity contribution in [2.45, 2.75) is 25.3 Å². The number of hydrazone groups is 1. The van der Waals surface area contributed by atoms with Gasteiger partial charge in [0.2, 0.25) is 5.91 Å². The van der Waals surface area contributed by atoms with Crippen molar-refractivity contribution in [2.75, 3.05) is 16.8 Å². The summed E-state index contributed by atoms with van der Waals surface area (Å²) < 4.78 is 0. The molecule has 0 bridgehead atoms. The lowest BCUT2D eigenvalue weighted by Crippen LogP contribution is -2.31. The Morgan fingerprint density at radius 1 is 1.00 bits per heavy atom. The fourth-order valence-corrected chi connectivity index (χ4v) is 4.22. The third kappa shape index (κ3) is 6.22. The molecule has 0 aliphatic carbocycles. The first-order valence-corrected chi connectivity index (χ1v) is 12.1. The molecule has 1 N–H and O–H groups in total. The standard InChI is InChI=1S/C27H23Cl2N5O2/c28-20-7-11-22(12-8-20)31-26(35)18-27(36)34-24(19-5-2-1-3-6-19)17-25(32-34)33(16-4-15-30)23-13-9-21(29)10-14-23/h1-3,5-14,24H,4,16-18H2,(H,31,35)/t24-/m1/s1. The summed E-state index contributed by atoms with van der Waals surface area (Å²) in [5.74, 6) is -0.244. The van der Waals surface area contributed by atoms with Crippen LogP contribution in [0.5, 0.6) is 0 Å². The molecule has 0 radical (unpaired) electrons. The number of hydrogen-bond acceptors (Lipinski definition) is 5. The number of nitrogens with one attached hydrogen (secondary N) is 1. The van der Waals surface area contributed by atoms with Gasteiger partial charge in [-0.05, 0) is 54.1 Å². The molecular weight excluding hydrogens is 497 g/mol. The van der Waals surface area contributed by atoms with Crippen LogP contribution < -0.4 is 10.2 Å². The first kappa shape index (κ1) is 25.2. The van der Waals surface area contributed by atoms with Crippen molar-refractivity contribution >= 4 is 52.2 Å². The molecule has 1 atom stereocenters. The largest absolute Gasteiger partial charge is 0.327 e. The van der Waals surface area contributed by atoms with E-state index < -0.39 is 11.8 Å². The Labute approximate surface area is 219 Å². The first-order chi connectivity index (χ1) is 17.4. The average Bonchev–Trinajstić information content (AvgIpc) is 3.33. The van der Waals surface area contributed by atoms with E-state index in [4.69, 9.17) is 23.2 Å². The number of halogens is 2. The Morgan fingerprint density at radius 3 is 2.28 bits per heavy atom. The Bertz CT molecular complexity index is 1290. The molecule has 0 unspecified atom stereocenters. The molecule has 36 heavy (non-hydrogen) atoms. The molecule has 3 aromatic carbocycles. The minimum Gasteiger partial charge on any atom is -0.327 e. The number of amidine groups is 1. The zero-order valence-electron chi connectivity index (χ0n) is 19.3. The van der Waals surface area contributed by atoms with Gasteiger partial charge in [-0.15, -0.1) is 0 Å². The van der Waals surface area contributed by atoms with Crippen LogP contribution in [0.25, 0.3) is 0 Å². The maximum atomic E-state index is 13.3. The summed E-state index contributed by atoms with van der Waals surface area (Å²) in [6, 6.07) is 25.2. The van der Waals surface area contributed by atoms with Crippen LogP contribution in [0.4, 0.5) is 11.4 Å². The lowest BCUT2D eigenvalue weighted by molar-refractivity contribution is -0.136. The van der Waals surface area contributed by atoms with Gasteiger partial charge in [-0.3, -0.25) is 9.59 Å². The molecule has 182 valence electrons. The maximum absolute atomic E-state index is 13.3. The molecule has 1 aliphatic rings. The summed E-state index contributed by atoms with van der Waals surface area (Å²) in [5, 5.41) is 19.1. The summed E-state index contributed by atoms with van der Waals surface area (Å²) in [6.45, 7) is 0.400. The van der Waals surface area contributed by atoms with Gasteiger partial charge >= 0.3 is 0 Å². The van der Waals surface area contributed by atoms with Gasteiger partial charge in [0.05, 0.1) is 18.5 Å². The van der Waals surface area contributed by atoms with Crippen molar-refractivity contribution in [2.24, 2.45) is 5.10 Å². The Morgan fingerprint density at radius 2 is 1.64 bits per heavy atom. The van der Waals surface area contributed by atoms with Crippen LogP contribution in [0.2, 0.25) is 10.0 Å². The number of carbonyl (C=O) groups excluding carboxylic acids is 2. The van der Waals surface area contributed by atoms with Gasteiger partial charge in [0.25, 0.3) is 5.91 Å². The van der Waals surface area contributed by atoms with E-state index in [0.717, 1.165) is 11.3 Å². The molecule has 9 heteroatoms. The van der Waals surface area contributed by atoms with E-state index in [1.54, 1.807) is 36.4 Å². The van der Waals surface area contributed by atoms with Crippen LogP contribution in [0.3, 0.4) is 0 Å². The van der Waals surface area contributed by atoms with E-state index in [9.17, 15) is 14.9 Å². The molecule has 0 saturated carbocycles. The Hall–Kier alpha value is -3.86. The predicted octanol–water partition coefficient (Wildman–Crippen LogP) is 6.03. The lowest BCUT2D eigenvalue weighted by atomic mass is 10.0. The molecule has 4 rings (SSSR count). The van der Waals surface area contributed by atoms with Crippen LogP contribution >= 0.6 is 23.2 Å². The van der Waals surface area contributed by atoms with E-state index in [-0.39, 0.29) is 18.9 Å². The molecule has 0 saturated heterocycles. The molecule has 0 aromatic heterocycles. The van der Waals surface area contributed by atoms with Gasteiger partial charge in [0, 0.05) is 34.4 Å². The van der Waals surface area contributed by atoms with E-state index in [2.05, 4.69) is 16.5 Å². The van der Waals surface area contributed by atoms with Crippen molar-refractivity contribution in [1.29, 1.82) is 5.26 Å². The normalized spacial score (nSPS) is 14.6. The van der Waals surface area contributed by atoms with Crippen LogP contribution in [0, 0.1) is 11.3 Å². The van der Waals surface area contributed by atoms with E-state index in [1.165, 1.54) is 5.01 Å². The molecule has 1 heterocycles. The third-order valence-electron chi connectivity index (χ3n) is 5.67. The van der Waals surface area contributed by atoms with Crippen LogP contribution in [0.15, 0.2) is 84.0 Å². The maximum Gasteiger partial charge on any atom is 0.252 e. The van der Waals surface area contributed by atoms with Gasteiger partial charge in [-0.2, -0.15) is 10.4 Å². The molecule has 2 amide bonds. The summed E-state index contributed by atoms with van der Waals surface area (Å²) in [6.07, 6.45) is 0.333. The summed E-state index contributed by atoms with van der Waals surface area (Å²) >= 11 is 12.0. The molecule has 7 nitrogen and oxygen atoms in total.